The molecule has 0 amide bonds. The van der Waals surface area contributed by atoms with E-state index in [-0.39, 0.29) is 12.2 Å². The Hall–Kier alpha value is -1.39. The Kier molecular flexibility index (Phi) is 4.22. The first-order valence-corrected chi connectivity index (χ1v) is 6.67. The van der Waals surface area contributed by atoms with E-state index in [1.54, 1.807) is 0 Å². The van der Waals surface area contributed by atoms with Gasteiger partial charge < -0.3 is 9.84 Å². The van der Waals surface area contributed by atoms with Crippen molar-refractivity contribution in [3.05, 3.63) is 35.4 Å². The van der Waals surface area contributed by atoms with E-state index >= 15 is 0 Å². The molecule has 1 aliphatic rings. The molecule has 1 aromatic rings. The molecule has 3 atom stereocenters. The standard InChI is InChI=1S/C15H21NO3/c1-10-6-4-5-7-13(10)14(15(17)18)16-8-11(2)19-12(3)9-16/h4-7,11-12,14H,8-9H2,1-3H3,(H,17,18)/t11-,12+,14?. The highest BCUT2D eigenvalue weighted by atomic mass is 16.5. The third kappa shape index (κ3) is 3.14. The predicted octanol–water partition coefficient (Wildman–Crippen LogP) is 2.23. The fourth-order valence-corrected chi connectivity index (χ4v) is 2.81. The van der Waals surface area contributed by atoms with E-state index in [2.05, 4.69) is 0 Å². The summed E-state index contributed by atoms with van der Waals surface area (Å²) in [5.41, 5.74) is 1.89. The number of carboxylic acid groups (broad SMARTS) is 1. The first-order chi connectivity index (χ1) is 8.99. The molecule has 1 heterocycles. The normalized spacial score (nSPS) is 26.1. The van der Waals surface area contributed by atoms with Crippen LogP contribution in [0.25, 0.3) is 0 Å². The zero-order chi connectivity index (χ0) is 14.0. The highest BCUT2D eigenvalue weighted by molar-refractivity contribution is 5.76. The van der Waals surface area contributed by atoms with E-state index in [1.165, 1.54) is 0 Å². The smallest absolute Gasteiger partial charge is 0.325 e. The quantitative estimate of drug-likeness (QED) is 0.908. The number of aliphatic carboxylic acids is 1. The molecule has 104 valence electrons. The minimum Gasteiger partial charge on any atom is -0.480 e. The molecule has 0 aliphatic carbocycles. The number of morpholine rings is 1. The molecule has 0 saturated carbocycles. The molecule has 4 nitrogen and oxygen atoms in total. The van der Waals surface area contributed by atoms with Gasteiger partial charge in [0.2, 0.25) is 0 Å². The second kappa shape index (κ2) is 5.72. The minimum absolute atomic E-state index is 0.0645. The van der Waals surface area contributed by atoms with E-state index in [4.69, 9.17) is 4.74 Å². The number of nitrogens with zero attached hydrogens (tertiary/aromatic N) is 1. The Labute approximate surface area is 114 Å². The van der Waals surface area contributed by atoms with Gasteiger partial charge in [-0.3, -0.25) is 9.69 Å². The van der Waals surface area contributed by atoms with Crippen molar-refractivity contribution < 1.29 is 14.6 Å². The zero-order valence-electron chi connectivity index (χ0n) is 11.7. The van der Waals surface area contributed by atoms with Gasteiger partial charge in [0.1, 0.15) is 6.04 Å². The van der Waals surface area contributed by atoms with Gasteiger partial charge in [0.05, 0.1) is 12.2 Å². The van der Waals surface area contributed by atoms with Crippen LogP contribution in [0.4, 0.5) is 0 Å². The number of hydrogen-bond donors (Lipinski definition) is 1. The molecule has 1 aliphatic heterocycles. The van der Waals surface area contributed by atoms with Gasteiger partial charge in [0, 0.05) is 13.1 Å². The Morgan fingerprint density at radius 1 is 1.32 bits per heavy atom. The van der Waals surface area contributed by atoms with Crippen LogP contribution in [-0.4, -0.2) is 41.3 Å². The molecule has 0 aromatic heterocycles. The molecule has 1 unspecified atom stereocenters. The summed E-state index contributed by atoms with van der Waals surface area (Å²) in [6, 6.07) is 7.10. The van der Waals surface area contributed by atoms with Gasteiger partial charge in [-0.2, -0.15) is 0 Å². The molecule has 19 heavy (non-hydrogen) atoms. The lowest BCUT2D eigenvalue weighted by Gasteiger charge is -2.39. The molecule has 0 bridgehead atoms. The summed E-state index contributed by atoms with van der Waals surface area (Å²) < 4.78 is 5.68. The molecular formula is C15H21NO3. The average Bonchev–Trinajstić information content (AvgIpc) is 2.30. The van der Waals surface area contributed by atoms with Crippen LogP contribution in [0.5, 0.6) is 0 Å². The topological polar surface area (TPSA) is 49.8 Å². The second-order valence-electron chi connectivity index (χ2n) is 5.31. The fraction of sp³-hybridized carbons (Fsp3) is 0.533. The Morgan fingerprint density at radius 3 is 2.42 bits per heavy atom. The van der Waals surface area contributed by atoms with E-state index in [9.17, 15) is 9.90 Å². The number of benzene rings is 1. The van der Waals surface area contributed by atoms with Crippen molar-refractivity contribution >= 4 is 5.97 Å². The average molecular weight is 263 g/mol. The number of ether oxygens (including phenoxy) is 1. The molecule has 1 aromatic carbocycles. The van der Waals surface area contributed by atoms with E-state index in [0.717, 1.165) is 11.1 Å². The number of hydrogen-bond acceptors (Lipinski definition) is 3. The zero-order valence-corrected chi connectivity index (χ0v) is 11.7. The minimum atomic E-state index is -0.796. The summed E-state index contributed by atoms with van der Waals surface area (Å²) in [6.07, 6.45) is 0.129. The Morgan fingerprint density at radius 2 is 1.89 bits per heavy atom. The summed E-state index contributed by atoms with van der Waals surface area (Å²) >= 11 is 0. The van der Waals surface area contributed by atoms with Crippen molar-refractivity contribution in [3.63, 3.8) is 0 Å². The molecule has 1 fully saturated rings. The summed E-state index contributed by atoms with van der Waals surface area (Å²) in [7, 11) is 0. The molecule has 2 rings (SSSR count). The Bertz CT molecular complexity index is 450. The maximum Gasteiger partial charge on any atom is 0.325 e. The monoisotopic (exact) mass is 263 g/mol. The maximum atomic E-state index is 11.7. The lowest BCUT2D eigenvalue weighted by atomic mass is 9.99. The van der Waals surface area contributed by atoms with Gasteiger partial charge in [-0.25, -0.2) is 0 Å². The summed E-state index contributed by atoms with van der Waals surface area (Å²) in [6.45, 7) is 7.22. The van der Waals surface area contributed by atoms with E-state index in [0.29, 0.717) is 13.1 Å². The lowest BCUT2D eigenvalue weighted by molar-refractivity contribution is -0.149. The van der Waals surface area contributed by atoms with Crippen molar-refractivity contribution in [3.8, 4) is 0 Å². The third-order valence-electron chi connectivity index (χ3n) is 3.53. The maximum absolute atomic E-state index is 11.7. The van der Waals surface area contributed by atoms with Gasteiger partial charge in [-0.1, -0.05) is 24.3 Å². The second-order valence-corrected chi connectivity index (χ2v) is 5.31. The number of aryl methyl sites for hydroxylation is 1. The first-order valence-electron chi connectivity index (χ1n) is 6.67. The van der Waals surface area contributed by atoms with Crippen LogP contribution in [0.15, 0.2) is 24.3 Å². The lowest BCUT2D eigenvalue weighted by Crippen LogP contribution is -2.48. The van der Waals surface area contributed by atoms with Crippen LogP contribution < -0.4 is 0 Å². The van der Waals surface area contributed by atoms with Crippen LogP contribution >= 0.6 is 0 Å². The molecule has 0 spiro atoms. The Balaban J connectivity index is 2.31. The highest BCUT2D eigenvalue weighted by Crippen LogP contribution is 2.27. The summed E-state index contributed by atoms with van der Waals surface area (Å²) in [5.74, 6) is -0.796. The van der Waals surface area contributed by atoms with E-state index < -0.39 is 12.0 Å². The molecular weight excluding hydrogens is 242 g/mol. The molecule has 1 N–H and O–H groups in total. The number of carbonyl (C=O) groups is 1. The van der Waals surface area contributed by atoms with Crippen molar-refractivity contribution in [2.24, 2.45) is 0 Å². The van der Waals surface area contributed by atoms with E-state index in [1.807, 2.05) is 49.9 Å². The number of rotatable bonds is 3. The van der Waals surface area contributed by atoms with Crippen LogP contribution in [0, 0.1) is 6.92 Å². The predicted molar refractivity (Wildman–Crippen MR) is 73.1 cm³/mol. The van der Waals surface area contributed by atoms with Gasteiger partial charge in [0.25, 0.3) is 0 Å². The van der Waals surface area contributed by atoms with Crippen molar-refractivity contribution in [1.82, 2.24) is 4.90 Å². The van der Waals surface area contributed by atoms with Gasteiger partial charge >= 0.3 is 5.97 Å². The van der Waals surface area contributed by atoms with Crippen molar-refractivity contribution in [2.75, 3.05) is 13.1 Å². The SMILES string of the molecule is Cc1ccccc1C(C(=O)O)N1C[C@@H](C)O[C@@H](C)C1. The molecule has 0 radical (unpaired) electrons. The van der Waals surface area contributed by atoms with Crippen LogP contribution in [-0.2, 0) is 9.53 Å². The van der Waals surface area contributed by atoms with Crippen molar-refractivity contribution in [2.45, 2.75) is 39.0 Å². The summed E-state index contributed by atoms with van der Waals surface area (Å²) in [4.78, 5) is 13.7. The van der Waals surface area contributed by atoms with Gasteiger partial charge in [-0.05, 0) is 31.9 Å². The van der Waals surface area contributed by atoms with Crippen molar-refractivity contribution in [1.29, 1.82) is 0 Å². The molecule has 4 heteroatoms. The van der Waals surface area contributed by atoms with Gasteiger partial charge in [-0.15, -0.1) is 0 Å². The van der Waals surface area contributed by atoms with Crippen LogP contribution in [0.2, 0.25) is 0 Å². The number of carboxylic acids is 1. The third-order valence-corrected chi connectivity index (χ3v) is 3.53. The largest absolute Gasteiger partial charge is 0.480 e. The highest BCUT2D eigenvalue weighted by Gasteiger charge is 2.33. The summed E-state index contributed by atoms with van der Waals surface area (Å²) in [5, 5.41) is 9.59. The fourth-order valence-electron chi connectivity index (χ4n) is 2.81. The van der Waals surface area contributed by atoms with Gasteiger partial charge in [0.15, 0.2) is 0 Å². The van der Waals surface area contributed by atoms with Crippen LogP contribution in [0.3, 0.4) is 0 Å². The molecule has 1 saturated heterocycles. The first kappa shape index (κ1) is 14.0. The van der Waals surface area contributed by atoms with Crippen LogP contribution in [0.1, 0.15) is 31.0 Å².